The Hall–Kier alpha value is -2.37. The van der Waals surface area contributed by atoms with Gasteiger partial charge in [0.25, 0.3) is 5.91 Å². The van der Waals surface area contributed by atoms with Crippen molar-refractivity contribution in [2.24, 2.45) is 5.10 Å². The molecule has 0 aliphatic rings. The van der Waals surface area contributed by atoms with Crippen LogP contribution in [-0.2, 0) is 0 Å². The Morgan fingerprint density at radius 3 is 2.64 bits per heavy atom. The van der Waals surface area contributed by atoms with Crippen LogP contribution in [0.3, 0.4) is 0 Å². The van der Waals surface area contributed by atoms with Crippen LogP contribution in [0.4, 0.5) is 0 Å². The molecule has 1 aromatic heterocycles. The molecule has 0 atom stereocenters. The van der Waals surface area contributed by atoms with Crippen LogP contribution in [0.1, 0.15) is 21.7 Å². The topological polar surface area (TPSA) is 54.6 Å². The third-order valence-electron chi connectivity index (χ3n) is 3.55. The number of carbonyl (C=O) groups is 1. The van der Waals surface area contributed by atoms with Gasteiger partial charge in [0.15, 0.2) is 0 Å². The number of carbonyl (C=O) groups excluding carboxylic acids is 1. The number of furan rings is 1. The van der Waals surface area contributed by atoms with Gasteiger partial charge in [-0.25, -0.2) is 5.43 Å². The number of nitrogens with zero attached hydrogens (tertiary/aromatic N) is 1. The monoisotopic (exact) mass is 416 g/mol. The molecule has 3 rings (SSSR count). The number of hydrazone groups is 1. The zero-order valence-corrected chi connectivity index (χ0v) is 15.6. The van der Waals surface area contributed by atoms with E-state index in [2.05, 4.69) is 26.5 Å². The van der Waals surface area contributed by atoms with Gasteiger partial charge in [-0.3, -0.25) is 4.79 Å². The van der Waals surface area contributed by atoms with Gasteiger partial charge in [0, 0.05) is 20.6 Å². The molecule has 0 radical (unpaired) electrons. The van der Waals surface area contributed by atoms with Crippen molar-refractivity contribution in [3.05, 3.63) is 81.0 Å². The van der Waals surface area contributed by atoms with Crippen LogP contribution in [0.25, 0.3) is 11.3 Å². The van der Waals surface area contributed by atoms with Crippen molar-refractivity contribution in [3.8, 4) is 11.3 Å². The van der Waals surface area contributed by atoms with E-state index in [9.17, 15) is 4.79 Å². The molecule has 4 nitrogen and oxygen atoms in total. The standard InChI is InChI=1S/C19H14BrClN2O2/c1-12-2-3-14(10-17(12)20)18-9-8-16(25-18)11-22-23-19(24)13-4-6-15(21)7-5-13/h2-11H,1H3,(H,23,24)/b22-11-. The van der Waals surface area contributed by atoms with Crippen molar-refractivity contribution in [2.75, 3.05) is 0 Å². The number of halogens is 2. The second-order valence-corrected chi connectivity index (χ2v) is 6.66. The first kappa shape index (κ1) is 17.5. The summed E-state index contributed by atoms with van der Waals surface area (Å²) in [4.78, 5) is 11.9. The maximum absolute atomic E-state index is 11.9. The highest BCUT2D eigenvalue weighted by molar-refractivity contribution is 9.10. The second-order valence-electron chi connectivity index (χ2n) is 5.37. The van der Waals surface area contributed by atoms with Gasteiger partial charge in [-0.2, -0.15) is 5.10 Å². The predicted molar refractivity (Wildman–Crippen MR) is 103 cm³/mol. The Labute approximate surface area is 158 Å². The molecule has 1 amide bonds. The average Bonchev–Trinajstić information content (AvgIpc) is 3.07. The van der Waals surface area contributed by atoms with Crippen LogP contribution in [0, 0.1) is 6.92 Å². The molecule has 3 aromatic rings. The summed E-state index contributed by atoms with van der Waals surface area (Å²) in [6, 6.07) is 16.2. The van der Waals surface area contributed by atoms with Crippen molar-refractivity contribution in [3.63, 3.8) is 0 Å². The van der Waals surface area contributed by atoms with E-state index < -0.39 is 0 Å². The Kier molecular flexibility index (Phi) is 5.36. The lowest BCUT2D eigenvalue weighted by Crippen LogP contribution is -2.17. The zero-order valence-electron chi connectivity index (χ0n) is 13.3. The van der Waals surface area contributed by atoms with Gasteiger partial charge in [-0.05, 0) is 55.0 Å². The van der Waals surface area contributed by atoms with E-state index in [1.807, 2.05) is 31.2 Å². The van der Waals surface area contributed by atoms with Gasteiger partial charge in [0.05, 0.1) is 6.21 Å². The molecular weight excluding hydrogens is 404 g/mol. The molecule has 0 aliphatic heterocycles. The summed E-state index contributed by atoms with van der Waals surface area (Å²) in [7, 11) is 0. The molecule has 1 N–H and O–H groups in total. The summed E-state index contributed by atoms with van der Waals surface area (Å²) in [6.45, 7) is 2.03. The molecule has 0 saturated heterocycles. The summed E-state index contributed by atoms with van der Waals surface area (Å²) < 4.78 is 6.75. The fourth-order valence-electron chi connectivity index (χ4n) is 2.14. The number of nitrogens with one attached hydrogen (secondary N) is 1. The van der Waals surface area contributed by atoms with E-state index in [0.29, 0.717) is 16.3 Å². The Balaban J connectivity index is 1.66. The van der Waals surface area contributed by atoms with Crippen molar-refractivity contribution in [1.29, 1.82) is 0 Å². The van der Waals surface area contributed by atoms with Crippen LogP contribution in [-0.4, -0.2) is 12.1 Å². The maximum atomic E-state index is 11.9. The first-order valence-electron chi connectivity index (χ1n) is 7.48. The molecule has 0 fully saturated rings. The van der Waals surface area contributed by atoms with Crippen LogP contribution < -0.4 is 5.43 Å². The number of hydrogen-bond donors (Lipinski definition) is 1. The summed E-state index contributed by atoms with van der Waals surface area (Å²) in [6.07, 6.45) is 1.46. The molecule has 0 saturated carbocycles. The van der Waals surface area contributed by atoms with E-state index in [0.717, 1.165) is 21.4 Å². The van der Waals surface area contributed by atoms with Gasteiger partial charge >= 0.3 is 0 Å². The first-order chi connectivity index (χ1) is 12.0. The SMILES string of the molecule is Cc1ccc(-c2ccc(/C=N\NC(=O)c3ccc(Cl)cc3)o2)cc1Br. The van der Waals surface area contributed by atoms with E-state index in [1.54, 1.807) is 30.3 Å². The second kappa shape index (κ2) is 7.68. The third kappa shape index (κ3) is 4.38. The lowest BCUT2D eigenvalue weighted by atomic mass is 10.1. The van der Waals surface area contributed by atoms with E-state index in [4.69, 9.17) is 16.0 Å². The minimum Gasteiger partial charge on any atom is -0.455 e. The number of hydrogen-bond acceptors (Lipinski definition) is 3. The molecule has 1 heterocycles. The summed E-state index contributed by atoms with van der Waals surface area (Å²) in [5.74, 6) is 0.955. The van der Waals surface area contributed by atoms with Gasteiger partial charge < -0.3 is 4.42 Å². The molecule has 0 aliphatic carbocycles. The van der Waals surface area contributed by atoms with Crippen molar-refractivity contribution in [1.82, 2.24) is 5.43 Å². The molecule has 2 aromatic carbocycles. The summed E-state index contributed by atoms with van der Waals surface area (Å²) in [5.41, 5.74) is 5.05. The highest BCUT2D eigenvalue weighted by Crippen LogP contribution is 2.26. The predicted octanol–water partition coefficient (Wildman–Crippen LogP) is 5.43. The van der Waals surface area contributed by atoms with E-state index >= 15 is 0 Å². The largest absolute Gasteiger partial charge is 0.455 e. The summed E-state index contributed by atoms with van der Waals surface area (Å²) in [5, 5.41) is 4.49. The highest BCUT2D eigenvalue weighted by Gasteiger charge is 2.06. The molecule has 6 heteroatoms. The van der Waals surface area contributed by atoms with Crippen LogP contribution >= 0.6 is 27.5 Å². The van der Waals surface area contributed by atoms with Gasteiger partial charge in [0.2, 0.25) is 0 Å². The lowest BCUT2D eigenvalue weighted by Gasteiger charge is -2.01. The van der Waals surface area contributed by atoms with E-state index in [1.165, 1.54) is 6.21 Å². The van der Waals surface area contributed by atoms with Gasteiger partial charge in [-0.1, -0.05) is 39.7 Å². The zero-order chi connectivity index (χ0) is 17.8. The quantitative estimate of drug-likeness (QED) is 0.454. The van der Waals surface area contributed by atoms with Crippen LogP contribution in [0.2, 0.25) is 5.02 Å². The molecule has 126 valence electrons. The molecule has 0 bridgehead atoms. The fraction of sp³-hybridized carbons (Fsp3) is 0.0526. The Morgan fingerprint density at radius 2 is 1.92 bits per heavy atom. The minimum absolute atomic E-state index is 0.317. The Bertz CT molecular complexity index is 933. The minimum atomic E-state index is -0.317. The number of benzene rings is 2. The first-order valence-corrected chi connectivity index (χ1v) is 8.65. The van der Waals surface area contributed by atoms with Crippen LogP contribution in [0.5, 0.6) is 0 Å². The Morgan fingerprint density at radius 1 is 1.16 bits per heavy atom. The lowest BCUT2D eigenvalue weighted by molar-refractivity contribution is 0.0955. The van der Waals surface area contributed by atoms with Gasteiger partial charge in [0.1, 0.15) is 11.5 Å². The maximum Gasteiger partial charge on any atom is 0.271 e. The normalized spacial score (nSPS) is 11.0. The third-order valence-corrected chi connectivity index (χ3v) is 4.65. The smallest absolute Gasteiger partial charge is 0.271 e. The average molecular weight is 418 g/mol. The fourth-order valence-corrected chi connectivity index (χ4v) is 2.65. The molecule has 25 heavy (non-hydrogen) atoms. The molecule has 0 unspecified atom stereocenters. The van der Waals surface area contributed by atoms with Crippen molar-refractivity contribution < 1.29 is 9.21 Å². The van der Waals surface area contributed by atoms with Crippen molar-refractivity contribution in [2.45, 2.75) is 6.92 Å². The number of amides is 1. The number of rotatable bonds is 4. The van der Waals surface area contributed by atoms with Crippen LogP contribution in [0.15, 0.2) is 68.6 Å². The van der Waals surface area contributed by atoms with E-state index in [-0.39, 0.29) is 5.91 Å². The number of aryl methyl sites for hydroxylation is 1. The van der Waals surface area contributed by atoms with Gasteiger partial charge in [-0.15, -0.1) is 0 Å². The summed E-state index contributed by atoms with van der Waals surface area (Å²) >= 11 is 9.31. The molecule has 0 spiro atoms. The molecular formula is C19H14BrClN2O2. The highest BCUT2D eigenvalue weighted by atomic mass is 79.9. The van der Waals surface area contributed by atoms with Crippen molar-refractivity contribution >= 4 is 39.7 Å².